The number of ether oxygens (including phenoxy) is 1. The van der Waals surface area contributed by atoms with Gasteiger partial charge in [0.2, 0.25) is 0 Å². The molecule has 1 saturated carbocycles. The highest BCUT2D eigenvalue weighted by Gasteiger charge is 2.20. The van der Waals surface area contributed by atoms with Crippen LogP contribution in [0.4, 0.5) is 0 Å². The molecule has 1 aromatic rings. The fourth-order valence-corrected chi connectivity index (χ4v) is 2.42. The van der Waals surface area contributed by atoms with E-state index in [0.29, 0.717) is 17.9 Å². The van der Waals surface area contributed by atoms with Gasteiger partial charge in [0, 0.05) is 25.3 Å². The Labute approximate surface area is 103 Å². The van der Waals surface area contributed by atoms with Crippen molar-refractivity contribution in [3.05, 3.63) is 29.8 Å². The fraction of sp³-hybridized carbons (Fsp3) is 0.571. The maximum absolute atomic E-state index is 9.66. The smallest absolute Gasteiger partial charge is 0.120 e. The number of aromatic hydroxyl groups is 1. The topological polar surface area (TPSA) is 41.5 Å². The molecular weight excluding hydrogens is 214 g/mol. The van der Waals surface area contributed by atoms with E-state index in [9.17, 15) is 5.11 Å². The molecule has 17 heavy (non-hydrogen) atoms. The molecule has 0 aliphatic heterocycles. The summed E-state index contributed by atoms with van der Waals surface area (Å²) in [6, 6.07) is 8.06. The maximum atomic E-state index is 9.66. The molecular formula is C14H21NO2. The third-order valence-electron chi connectivity index (χ3n) is 3.58. The van der Waals surface area contributed by atoms with Crippen LogP contribution in [-0.2, 0) is 11.3 Å². The lowest BCUT2D eigenvalue weighted by Gasteiger charge is -2.28. The number of hydrogen-bond acceptors (Lipinski definition) is 3. The summed E-state index contributed by atoms with van der Waals surface area (Å²) in [6.07, 6.45) is 5.03. The molecule has 2 N–H and O–H groups in total. The summed E-state index contributed by atoms with van der Waals surface area (Å²) >= 11 is 0. The second-order valence-corrected chi connectivity index (χ2v) is 4.72. The first-order valence-electron chi connectivity index (χ1n) is 6.32. The number of phenols is 1. The van der Waals surface area contributed by atoms with Gasteiger partial charge in [0.15, 0.2) is 0 Å². The van der Waals surface area contributed by atoms with Gasteiger partial charge in [0.1, 0.15) is 5.75 Å². The first kappa shape index (κ1) is 12.4. The first-order valence-corrected chi connectivity index (χ1v) is 6.32. The fourth-order valence-electron chi connectivity index (χ4n) is 2.42. The van der Waals surface area contributed by atoms with Crippen molar-refractivity contribution in [3.63, 3.8) is 0 Å². The molecule has 3 heteroatoms. The van der Waals surface area contributed by atoms with Crippen LogP contribution in [0.25, 0.3) is 0 Å². The van der Waals surface area contributed by atoms with Crippen LogP contribution < -0.4 is 5.32 Å². The molecule has 3 nitrogen and oxygen atoms in total. The monoisotopic (exact) mass is 235 g/mol. The molecule has 0 amide bonds. The Morgan fingerprint density at radius 2 is 1.94 bits per heavy atom. The van der Waals surface area contributed by atoms with Crippen LogP contribution in [0.15, 0.2) is 24.3 Å². The molecule has 1 aliphatic rings. The van der Waals surface area contributed by atoms with Gasteiger partial charge in [0.05, 0.1) is 6.10 Å². The van der Waals surface area contributed by atoms with Gasteiger partial charge in [-0.25, -0.2) is 0 Å². The number of rotatable bonds is 4. The summed E-state index contributed by atoms with van der Waals surface area (Å²) in [6.45, 7) is 0.745. The van der Waals surface area contributed by atoms with Crippen molar-refractivity contribution >= 4 is 0 Å². The van der Waals surface area contributed by atoms with Crippen molar-refractivity contribution in [3.8, 4) is 5.75 Å². The average Bonchev–Trinajstić information content (AvgIpc) is 2.38. The van der Waals surface area contributed by atoms with Crippen LogP contribution in [0.2, 0.25) is 0 Å². The number of nitrogens with one attached hydrogen (secondary N) is 1. The summed E-state index contributed by atoms with van der Waals surface area (Å²) in [5, 5.41) is 13.2. The van der Waals surface area contributed by atoms with Crippen LogP contribution in [0, 0.1) is 0 Å². The molecule has 1 fully saturated rings. The number of para-hydroxylation sites is 1. The standard InChI is InChI=1S/C14H21NO2/c1-17-13-8-6-12(7-9-13)15-10-11-4-2-3-5-14(11)16/h2-5,12-13,15-16H,6-10H2,1H3. The molecule has 1 aliphatic carbocycles. The van der Waals surface area contributed by atoms with Gasteiger partial charge >= 0.3 is 0 Å². The zero-order chi connectivity index (χ0) is 12.1. The van der Waals surface area contributed by atoms with Crippen LogP contribution in [0.5, 0.6) is 5.75 Å². The second-order valence-electron chi connectivity index (χ2n) is 4.72. The highest BCUT2D eigenvalue weighted by molar-refractivity contribution is 5.31. The molecule has 0 bridgehead atoms. The van der Waals surface area contributed by atoms with Gasteiger partial charge in [-0.3, -0.25) is 0 Å². The summed E-state index contributed by atoms with van der Waals surface area (Å²) in [5.41, 5.74) is 0.973. The normalized spacial score (nSPS) is 24.8. The highest BCUT2D eigenvalue weighted by Crippen LogP contribution is 2.22. The SMILES string of the molecule is COC1CCC(NCc2ccccc2O)CC1. The molecule has 94 valence electrons. The first-order chi connectivity index (χ1) is 8.29. The van der Waals surface area contributed by atoms with Crippen molar-refractivity contribution in [1.82, 2.24) is 5.32 Å². The van der Waals surface area contributed by atoms with E-state index < -0.39 is 0 Å². The minimum atomic E-state index is 0.380. The number of phenolic OH excluding ortho intramolecular Hbond substituents is 1. The third kappa shape index (κ3) is 3.45. The molecule has 0 radical (unpaired) electrons. The van der Waals surface area contributed by atoms with E-state index in [1.165, 1.54) is 0 Å². The van der Waals surface area contributed by atoms with Crippen LogP contribution in [0.3, 0.4) is 0 Å². The average molecular weight is 235 g/mol. The molecule has 2 rings (SSSR count). The highest BCUT2D eigenvalue weighted by atomic mass is 16.5. The summed E-state index contributed by atoms with van der Waals surface area (Å²) < 4.78 is 5.35. The Morgan fingerprint density at radius 3 is 2.59 bits per heavy atom. The van der Waals surface area contributed by atoms with Crippen molar-refractivity contribution in [2.45, 2.75) is 44.4 Å². The molecule has 0 unspecified atom stereocenters. The van der Waals surface area contributed by atoms with Crippen LogP contribution in [0.1, 0.15) is 31.2 Å². The largest absolute Gasteiger partial charge is 0.508 e. The van der Waals surface area contributed by atoms with E-state index in [1.807, 2.05) is 18.2 Å². The Kier molecular flexibility index (Phi) is 4.40. The van der Waals surface area contributed by atoms with Gasteiger partial charge in [0.25, 0.3) is 0 Å². The Morgan fingerprint density at radius 1 is 1.24 bits per heavy atom. The van der Waals surface area contributed by atoms with Crippen molar-refractivity contribution < 1.29 is 9.84 Å². The lowest BCUT2D eigenvalue weighted by molar-refractivity contribution is 0.0623. The van der Waals surface area contributed by atoms with Gasteiger partial charge < -0.3 is 15.2 Å². The lowest BCUT2D eigenvalue weighted by atomic mass is 9.93. The van der Waals surface area contributed by atoms with Gasteiger partial charge in [-0.05, 0) is 31.7 Å². The minimum Gasteiger partial charge on any atom is -0.508 e. The van der Waals surface area contributed by atoms with E-state index in [2.05, 4.69) is 5.32 Å². The number of methoxy groups -OCH3 is 1. The zero-order valence-electron chi connectivity index (χ0n) is 10.4. The lowest BCUT2D eigenvalue weighted by Crippen LogP contribution is -2.34. The molecule has 0 saturated heterocycles. The van der Waals surface area contributed by atoms with Crippen molar-refractivity contribution in [2.75, 3.05) is 7.11 Å². The predicted octanol–water partition coefficient (Wildman–Crippen LogP) is 2.44. The van der Waals surface area contributed by atoms with Gasteiger partial charge in [-0.2, -0.15) is 0 Å². The molecule has 0 aromatic heterocycles. The van der Waals surface area contributed by atoms with Crippen LogP contribution in [-0.4, -0.2) is 24.4 Å². The number of hydrogen-bond donors (Lipinski definition) is 2. The van der Waals surface area contributed by atoms with Crippen molar-refractivity contribution in [2.24, 2.45) is 0 Å². The quantitative estimate of drug-likeness (QED) is 0.842. The second kappa shape index (κ2) is 6.03. The molecule has 0 spiro atoms. The summed E-state index contributed by atoms with van der Waals surface area (Å²) in [4.78, 5) is 0. The summed E-state index contributed by atoms with van der Waals surface area (Å²) in [7, 11) is 1.79. The van der Waals surface area contributed by atoms with Gasteiger partial charge in [-0.15, -0.1) is 0 Å². The Balaban J connectivity index is 1.78. The van der Waals surface area contributed by atoms with E-state index in [-0.39, 0.29) is 0 Å². The van der Waals surface area contributed by atoms with E-state index in [0.717, 1.165) is 37.8 Å². The van der Waals surface area contributed by atoms with Gasteiger partial charge in [-0.1, -0.05) is 18.2 Å². The maximum Gasteiger partial charge on any atom is 0.120 e. The Hall–Kier alpha value is -1.06. The van der Waals surface area contributed by atoms with E-state index in [4.69, 9.17) is 4.74 Å². The minimum absolute atomic E-state index is 0.380. The van der Waals surface area contributed by atoms with Crippen LogP contribution >= 0.6 is 0 Å². The number of benzene rings is 1. The summed E-state index contributed by atoms with van der Waals surface area (Å²) in [5.74, 6) is 0.380. The molecule has 1 aromatic carbocycles. The van der Waals surface area contributed by atoms with E-state index >= 15 is 0 Å². The predicted molar refractivity (Wildman–Crippen MR) is 68.0 cm³/mol. The third-order valence-corrected chi connectivity index (χ3v) is 3.58. The van der Waals surface area contributed by atoms with E-state index in [1.54, 1.807) is 13.2 Å². The van der Waals surface area contributed by atoms with Crippen molar-refractivity contribution in [1.29, 1.82) is 0 Å². The Bertz CT molecular complexity index is 346. The zero-order valence-corrected chi connectivity index (χ0v) is 10.4. The molecule has 0 heterocycles. The molecule has 0 atom stereocenters.